The monoisotopic (exact) mass is 257 g/mol. The van der Waals surface area contributed by atoms with E-state index in [9.17, 15) is 9.18 Å². The Morgan fingerprint density at radius 2 is 2.06 bits per heavy atom. The zero-order valence-electron chi connectivity index (χ0n) is 10.3. The van der Waals surface area contributed by atoms with Gasteiger partial charge in [-0.05, 0) is 38.5 Å². The van der Waals surface area contributed by atoms with E-state index < -0.39 is 5.82 Å². The van der Waals surface area contributed by atoms with E-state index in [0.29, 0.717) is 6.54 Å². The van der Waals surface area contributed by atoms with Crippen LogP contribution in [-0.4, -0.2) is 17.9 Å². The van der Waals surface area contributed by atoms with Gasteiger partial charge in [0.15, 0.2) is 5.78 Å². The molecule has 0 aliphatic carbocycles. The second-order valence-electron chi connectivity index (χ2n) is 5.07. The number of hydrogen-bond donors (Lipinski definition) is 1. The van der Waals surface area contributed by atoms with Crippen molar-refractivity contribution in [3.8, 4) is 0 Å². The minimum atomic E-state index is -0.462. The lowest BCUT2D eigenvalue weighted by molar-refractivity contribution is -0.117. The molecule has 2 nitrogen and oxygen atoms in total. The van der Waals surface area contributed by atoms with Gasteiger partial charge in [-0.15, -0.1) is 0 Å². The SMILES string of the molecule is CC(C)(C)NCC(=O)Cc1ccc(F)c(Cl)c1. The molecule has 0 fully saturated rings. The molecule has 1 aromatic carbocycles. The Bertz CT molecular complexity index is 412. The van der Waals surface area contributed by atoms with Crippen molar-refractivity contribution in [2.75, 3.05) is 6.54 Å². The Kier molecular flexibility index (Phi) is 4.66. The Morgan fingerprint density at radius 1 is 1.41 bits per heavy atom. The van der Waals surface area contributed by atoms with E-state index in [-0.39, 0.29) is 22.8 Å². The van der Waals surface area contributed by atoms with Gasteiger partial charge in [0.05, 0.1) is 11.6 Å². The van der Waals surface area contributed by atoms with E-state index in [2.05, 4.69) is 5.32 Å². The molecule has 0 aliphatic heterocycles. The molecule has 0 aliphatic rings. The molecule has 1 rings (SSSR count). The molecule has 0 amide bonds. The zero-order chi connectivity index (χ0) is 13.1. The van der Waals surface area contributed by atoms with Crippen LogP contribution in [0.3, 0.4) is 0 Å². The number of carbonyl (C=O) groups excluding carboxylic acids is 1. The van der Waals surface area contributed by atoms with Crippen molar-refractivity contribution in [2.24, 2.45) is 0 Å². The number of Topliss-reactive ketones (excluding diaryl/α,β-unsaturated/α-hetero) is 1. The molecular weight excluding hydrogens is 241 g/mol. The molecule has 0 radical (unpaired) electrons. The third-order valence-corrected chi connectivity index (χ3v) is 2.49. The second kappa shape index (κ2) is 5.61. The summed E-state index contributed by atoms with van der Waals surface area (Å²) in [6.07, 6.45) is 0.267. The van der Waals surface area contributed by atoms with Crippen molar-refractivity contribution in [3.05, 3.63) is 34.6 Å². The largest absolute Gasteiger partial charge is 0.305 e. The minimum absolute atomic E-state index is 0.0547. The first-order valence-corrected chi connectivity index (χ1v) is 5.86. The molecule has 0 atom stereocenters. The maximum Gasteiger partial charge on any atom is 0.150 e. The lowest BCUT2D eigenvalue weighted by atomic mass is 10.1. The first-order valence-electron chi connectivity index (χ1n) is 5.48. The number of nitrogens with one attached hydrogen (secondary N) is 1. The Balaban J connectivity index is 2.54. The quantitative estimate of drug-likeness (QED) is 0.899. The number of rotatable bonds is 4. The molecule has 1 aromatic rings. The highest BCUT2D eigenvalue weighted by molar-refractivity contribution is 6.30. The molecule has 0 spiro atoms. The van der Waals surface area contributed by atoms with E-state index in [4.69, 9.17) is 11.6 Å². The van der Waals surface area contributed by atoms with Crippen molar-refractivity contribution < 1.29 is 9.18 Å². The van der Waals surface area contributed by atoms with Gasteiger partial charge < -0.3 is 5.32 Å². The first kappa shape index (κ1) is 14.1. The Hall–Kier alpha value is -0.930. The maximum atomic E-state index is 12.9. The highest BCUT2D eigenvalue weighted by Crippen LogP contribution is 2.16. The van der Waals surface area contributed by atoms with Crippen molar-refractivity contribution >= 4 is 17.4 Å². The molecule has 0 unspecified atom stereocenters. The van der Waals surface area contributed by atoms with Crippen LogP contribution < -0.4 is 5.32 Å². The van der Waals surface area contributed by atoms with Crippen LogP contribution in [0.15, 0.2) is 18.2 Å². The fourth-order valence-electron chi connectivity index (χ4n) is 1.30. The van der Waals surface area contributed by atoms with Crippen LogP contribution in [0.1, 0.15) is 26.3 Å². The average molecular weight is 258 g/mol. The number of halogens is 2. The van der Waals surface area contributed by atoms with Gasteiger partial charge in [-0.1, -0.05) is 17.7 Å². The molecule has 0 aromatic heterocycles. The van der Waals surface area contributed by atoms with Crippen LogP contribution in [0.5, 0.6) is 0 Å². The van der Waals surface area contributed by atoms with Crippen molar-refractivity contribution in [2.45, 2.75) is 32.7 Å². The van der Waals surface area contributed by atoms with Crippen LogP contribution in [0.25, 0.3) is 0 Å². The third kappa shape index (κ3) is 5.29. The van der Waals surface area contributed by atoms with Gasteiger partial charge in [-0.2, -0.15) is 0 Å². The lowest BCUT2D eigenvalue weighted by Gasteiger charge is -2.19. The summed E-state index contributed by atoms with van der Waals surface area (Å²) in [7, 11) is 0. The van der Waals surface area contributed by atoms with Crippen LogP contribution in [0.2, 0.25) is 5.02 Å². The summed E-state index contributed by atoms with van der Waals surface area (Å²) in [6.45, 7) is 6.29. The summed E-state index contributed by atoms with van der Waals surface area (Å²) in [5.41, 5.74) is 0.646. The summed E-state index contributed by atoms with van der Waals surface area (Å²) < 4.78 is 12.9. The summed E-state index contributed by atoms with van der Waals surface area (Å²) in [5.74, 6) is -0.404. The molecular formula is C13H17ClFNO. The van der Waals surface area contributed by atoms with Gasteiger partial charge in [0.25, 0.3) is 0 Å². The fourth-order valence-corrected chi connectivity index (χ4v) is 1.51. The van der Waals surface area contributed by atoms with Crippen LogP contribution in [0, 0.1) is 5.82 Å². The maximum absolute atomic E-state index is 12.9. The topological polar surface area (TPSA) is 29.1 Å². The van der Waals surface area contributed by atoms with Crippen LogP contribution in [0.4, 0.5) is 4.39 Å². The van der Waals surface area contributed by atoms with Crippen molar-refractivity contribution in [3.63, 3.8) is 0 Å². The molecule has 94 valence electrons. The Labute approximate surface area is 106 Å². The molecule has 17 heavy (non-hydrogen) atoms. The van der Waals surface area contributed by atoms with Gasteiger partial charge in [0.2, 0.25) is 0 Å². The van der Waals surface area contributed by atoms with Gasteiger partial charge in [0.1, 0.15) is 5.82 Å². The van der Waals surface area contributed by atoms with E-state index in [0.717, 1.165) is 5.56 Å². The number of ketones is 1. The normalized spacial score (nSPS) is 11.6. The van der Waals surface area contributed by atoms with Gasteiger partial charge in [-0.3, -0.25) is 4.79 Å². The predicted molar refractivity (Wildman–Crippen MR) is 67.9 cm³/mol. The van der Waals surface area contributed by atoms with Gasteiger partial charge in [0, 0.05) is 12.0 Å². The van der Waals surface area contributed by atoms with E-state index in [1.165, 1.54) is 12.1 Å². The van der Waals surface area contributed by atoms with Crippen molar-refractivity contribution in [1.29, 1.82) is 0 Å². The highest BCUT2D eigenvalue weighted by atomic mass is 35.5. The van der Waals surface area contributed by atoms with E-state index >= 15 is 0 Å². The third-order valence-electron chi connectivity index (χ3n) is 2.20. The summed E-state index contributed by atoms with van der Waals surface area (Å²) in [4.78, 5) is 11.7. The van der Waals surface area contributed by atoms with E-state index in [1.54, 1.807) is 6.07 Å². The highest BCUT2D eigenvalue weighted by Gasteiger charge is 2.12. The average Bonchev–Trinajstić information content (AvgIpc) is 2.20. The zero-order valence-corrected chi connectivity index (χ0v) is 11.1. The Morgan fingerprint density at radius 3 is 2.59 bits per heavy atom. The number of carbonyl (C=O) groups is 1. The van der Waals surface area contributed by atoms with Crippen LogP contribution in [-0.2, 0) is 11.2 Å². The molecule has 0 bridgehead atoms. The molecule has 4 heteroatoms. The van der Waals surface area contributed by atoms with Crippen molar-refractivity contribution in [1.82, 2.24) is 5.32 Å². The number of hydrogen-bond acceptors (Lipinski definition) is 2. The number of benzene rings is 1. The summed E-state index contributed by atoms with van der Waals surface area (Å²) in [5, 5.41) is 3.17. The molecule has 0 saturated heterocycles. The summed E-state index contributed by atoms with van der Waals surface area (Å²) >= 11 is 5.65. The first-order chi connectivity index (χ1) is 7.78. The smallest absolute Gasteiger partial charge is 0.150 e. The van der Waals surface area contributed by atoms with Gasteiger partial charge in [-0.25, -0.2) is 4.39 Å². The van der Waals surface area contributed by atoms with Crippen LogP contribution >= 0.6 is 11.6 Å². The second-order valence-corrected chi connectivity index (χ2v) is 5.47. The molecule has 1 N–H and O–H groups in total. The standard InChI is InChI=1S/C13H17ClFNO/c1-13(2,3)16-8-10(17)6-9-4-5-12(15)11(14)7-9/h4-5,7,16H,6,8H2,1-3H3. The molecule has 0 saturated carbocycles. The van der Waals surface area contributed by atoms with E-state index in [1.807, 2.05) is 20.8 Å². The lowest BCUT2D eigenvalue weighted by Crippen LogP contribution is -2.39. The molecule has 0 heterocycles. The fraction of sp³-hybridized carbons (Fsp3) is 0.462. The van der Waals surface area contributed by atoms with Gasteiger partial charge >= 0.3 is 0 Å². The minimum Gasteiger partial charge on any atom is -0.305 e. The summed E-state index contributed by atoms with van der Waals surface area (Å²) in [6, 6.07) is 4.35. The predicted octanol–water partition coefficient (Wildman–Crippen LogP) is 2.98.